The summed E-state index contributed by atoms with van der Waals surface area (Å²) in [6.07, 6.45) is 55.1. The van der Waals surface area contributed by atoms with E-state index in [1.165, 1.54) is 353 Å². The Morgan fingerprint density at radius 1 is 0.336 bits per heavy atom. The number of aliphatic hydroxyl groups excluding tert-OH is 2. The van der Waals surface area contributed by atoms with Gasteiger partial charge < -0.3 is 10.2 Å². The minimum atomic E-state index is -0.337. The van der Waals surface area contributed by atoms with Gasteiger partial charge in [-0.2, -0.15) is 64.4 Å². The monoisotopic (exact) mass is 1780 g/mol. The number of aliphatic hydroxyl groups is 2. The molecule has 2 N–H and O–H groups in total. The van der Waals surface area contributed by atoms with Gasteiger partial charge in [-0.15, -0.1) is 22.7 Å². The number of halogens is 2. The predicted molar refractivity (Wildman–Crippen MR) is 472 cm³/mol. The summed E-state index contributed by atoms with van der Waals surface area (Å²) in [7, 11) is 0. The van der Waals surface area contributed by atoms with Crippen molar-refractivity contribution < 1.29 is 84.4 Å². The van der Waals surface area contributed by atoms with Crippen LogP contribution in [-0.4, -0.2) is 27.7 Å². The molecule has 8 aromatic heterocycles. The van der Waals surface area contributed by atoms with Crippen LogP contribution in [0.1, 0.15) is 317 Å². The fourth-order valence-corrected chi connectivity index (χ4v) is 23.9. The Balaban J connectivity index is 0.00000696. The van der Waals surface area contributed by atoms with Crippen LogP contribution in [-0.2, 0) is 91.5 Å². The Bertz CT molecular complexity index is 4490. The summed E-state index contributed by atoms with van der Waals surface area (Å²) in [5.74, 6) is 0.556. The van der Waals surface area contributed by atoms with Crippen molar-refractivity contribution in [3.8, 4) is 71.0 Å². The van der Waals surface area contributed by atoms with E-state index in [0.717, 1.165) is 91.6 Å². The van der Waals surface area contributed by atoms with Gasteiger partial charge in [0.05, 0.1) is 48.3 Å². The first-order valence-corrected chi connectivity index (χ1v) is 48.4. The van der Waals surface area contributed by atoms with Crippen LogP contribution in [0.15, 0.2) is 60.7 Å². The molecule has 2 atom stereocenters. The maximum Gasteiger partial charge on any atom is 0.114 e. The van der Waals surface area contributed by atoms with Crippen LogP contribution < -0.4 is 0 Å². The molecule has 0 fully saturated rings. The molecule has 3 aromatic carbocycles. The Labute approximate surface area is 741 Å². The third-order valence-corrected chi connectivity index (χ3v) is 30.7. The first kappa shape index (κ1) is 91.6. The third-order valence-electron chi connectivity index (χ3n) is 22.5. The van der Waals surface area contributed by atoms with Crippen molar-refractivity contribution in [2.75, 3.05) is 0 Å². The molecule has 110 heavy (non-hydrogen) atoms. The van der Waals surface area contributed by atoms with Gasteiger partial charge in [0.25, 0.3) is 0 Å². The van der Waals surface area contributed by atoms with Crippen LogP contribution in [0.2, 0.25) is 0 Å². The second kappa shape index (κ2) is 49.2. The minimum absolute atomic E-state index is 0. The second-order valence-electron chi connectivity index (χ2n) is 31.1. The van der Waals surface area contributed by atoms with Crippen molar-refractivity contribution in [3.05, 3.63) is 116 Å². The summed E-state index contributed by atoms with van der Waals surface area (Å²) < 4.78 is 53.5. The van der Waals surface area contributed by atoms with Crippen molar-refractivity contribution in [1.82, 2.24) is 17.5 Å². The molecule has 8 heterocycles. The van der Waals surface area contributed by atoms with E-state index < -0.39 is 0 Å². The average molecular weight is 1790 g/mol. The molecule has 0 amide bonds. The standard InChI is InChI=1S/C92H120F2N4O2S8.2Y/c1-7-11-15-19-23-27-29-33-37-40-44-65(43-39-35-31-25-21-17-13-9-3)51-67-55-82(102-64(67)6)75-57-73-74(86-88(75)97-107-95-86)58-76(89-87(73)96-108-98-89)83-56-68(52-66(45-41-36-32-26-22-18-14-10-4)46-42-38-34-30-28-24-20-16-12-8-2)90(104-83)85-60-78(94)92(106-85)81-50-49-79(103-81)71-53-70(62-100)72(54-69(71)61-99)84-59-77(93)91(105-84)80-48-47-63(5)101-80;;/h47,49,53-60,65-66,99-100H,7-46,51-52,61-62H2,1-6H3;;/q-2;;. The molecular weight excluding hydrogens is 1670 g/mol. The Morgan fingerprint density at radius 3 is 1.11 bits per heavy atom. The van der Waals surface area contributed by atoms with Gasteiger partial charge in [-0.25, -0.2) is 31.5 Å². The number of aryl methyl sites for hydroxylation is 2. The van der Waals surface area contributed by atoms with E-state index >= 15 is 8.78 Å². The molecule has 6 nitrogen and oxygen atoms in total. The summed E-state index contributed by atoms with van der Waals surface area (Å²) in [6, 6.07) is 27.0. The second-order valence-corrected chi connectivity index (χ2v) is 38.9. The van der Waals surface area contributed by atoms with Gasteiger partial charge in [-0.05, 0) is 112 Å². The molecule has 0 saturated carbocycles. The molecular formula is C92H120F2N4O2S8Y2-2. The molecule has 0 spiro atoms. The number of thiophene rings is 6. The zero-order valence-electron chi connectivity index (χ0n) is 66.9. The molecule has 0 aliphatic carbocycles. The molecule has 590 valence electrons. The Morgan fingerprint density at radius 2 is 0.682 bits per heavy atom. The number of rotatable bonds is 53. The van der Waals surface area contributed by atoms with E-state index in [2.05, 4.69) is 71.0 Å². The average Bonchev–Trinajstić information content (AvgIpc) is 1.51. The smallest absolute Gasteiger partial charge is 0.114 e. The van der Waals surface area contributed by atoms with Gasteiger partial charge in [-0.1, -0.05) is 323 Å². The van der Waals surface area contributed by atoms with Crippen LogP contribution in [0.4, 0.5) is 8.78 Å². The summed E-state index contributed by atoms with van der Waals surface area (Å²) in [5, 5.41) is 23.9. The molecule has 18 heteroatoms. The maximum atomic E-state index is 17.3. The van der Waals surface area contributed by atoms with Crippen LogP contribution in [0.5, 0.6) is 0 Å². The molecule has 0 aliphatic heterocycles. The molecule has 0 aliphatic rings. The maximum absolute atomic E-state index is 17.3. The topological polar surface area (TPSA) is 92.0 Å². The molecule has 11 rings (SSSR count). The largest absolute Gasteiger partial charge is 0.392 e. The molecule has 2 unspecified atom stereocenters. The Hall–Kier alpha value is -2.25. The summed E-state index contributed by atoms with van der Waals surface area (Å²) in [5.41, 5.74) is 11.2. The van der Waals surface area contributed by atoms with Gasteiger partial charge in [0.15, 0.2) is 0 Å². The number of aromatic nitrogens is 4. The van der Waals surface area contributed by atoms with Crippen molar-refractivity contribution in [1.29, 1.82) is 0 Å². The Kier molecular flexibility index (Phi) is 41.0. The fourth-order valence-electron chi connectivity index (χ4n) is 16.2. The number of nitrogens with zero attached hydrogens (tertiary/aromatic N) is 4. The summed E-state index contributed by atoms with van der Waals surface area (Å²) in [6.45, 7) is 13.0. The molecule has 0 bridgehead atoms. The predicted octanol–water partition coefficient (Wildman–Crippen LogP) is 32.4. The number of hydrogen-bond donors (Lipinski definition) is 2. The molecule has 2 radical (unpaired) electrons. The first-order chi connectivity index (χ1) is 53.0. The van der Waals surface area contributed by atoms with Crippen molar-refractivity contribution in [2.24, 2.45) is 11.8 Å². The van der Waals surface area contributed by atoms with E-state index in [1.807, 2.05) is 42.5 Å². The van der Waals surface area contributed by atoms with E-state index in [1.54, 1.807) is 17.4 Å². The van der Waals surface area contributed by atoms with Crippen LogP contribution in [0.3, 0.4) is 0 Å². The van der Waals surface area contributed by atoms with Gasteiger partial charge in [0.2, 0.25) is 0 Å². The summed E-state index contributed by atoms with van der Waals surface area (Å²) >= 11 is 12.0. The molecule has 11 aromatic rings. The van der Waals surface area contributed by atoms with Crippen molar-refractivity contribution in [3.63, 3.8) is 0 Å². The minimum Gasteiger partial charge on any atom is -0.392 e. The van der Waals surface area contributed by atoms with Crippen molar-refractivity contribution in [2.45, 2.75) is 324 Å². The van der Waals surface area contributed by atoms with E-state index in [-0.39, 0.29) is 90.3 Å². The number of unbranched alkanes of at least 4 members (excludes halogenated alkanes) is 32. The fraction of sp³-hybridized carbons (Fsp3) is 0.565. The number of hydrogen-bond acceptors (Lipinski definition) is 14. The third kappa shape index (κ3) is 25.9. The summed E-state index contributed by atoms with van der Waals surface area (Å²) in [4.78, 5) is 10.7. The van der Waals surface area contributed by atoms with Crippen molar-refractivity contribution >= 4 is 124 Å². The zero-order valence-corrected chi connectivity index (χ0v) is 79.1. The molecule has 0 saturated heterocycles. The number of fused-ring (bicyclic) bond motifs is 5. The quantitative estimate of drug-likeness (QED) is 0.0292. The normalized spacial score (nSPS) is 12.4. The zero-order chi connectivity index (χ0) is 75.4. The van der Waals surface area contributed by atoms with Gasteiger partial charge in [0, 0.05) is 117 Å². The van der Waals surface area contributed by atoms with Crippen LogP contribution in [0, 0.1) is 49.5 Å². The van der Waals surface area contributed by atoms with E-state index in [9.17, 15) is 10.2 Å². The van der Waals surface area contributed by atoms with Gasteiger partial charge in [-0.3, -0.25) is 0 Å². The van der Waals surface area contributed by atoms with Gasteiger partial charge >= 0.3 is 0 Å². The SMILES string of the molecule is CCCCCCCCCCCCC(CCCCCCCCCC)Cc1cc(-c2cc3c(cc(-c4cc(CC(CCCCCCCCCC)CCCCCCCCCCCC)c(-c5cc(F)c(-c6[c-]cc(-c7cc(CO)c(-c8cc(F)c(-c9[c-]cc(C)s9)s8)cc7CO)s6)s5)s4)c4nsnc43)c3nsnc23)sc1C.[Y].[Y]. The van der Waals surface area contributed by atoms with Crippen LogP contribution in [0.25, 0.3) is 104 Å². The van der Waals surface area contributed by atoms with E-state index in [0.29, 0.717) is 48.0 Å². The van der Waals surface area contributed by atoms with E-state index in [4.69, 9.17) is 17.5 Å². The first-order valence-electron chi connectivity index (χ1n) is 42.1. The number of benzene rings is 3. The van der Waals surface area contributed by atoms with Gasteiger partial charge in [0.1, 0.15) is 22.1 Å². The van der Waals surface area contributed by atoms with Crippen LogP contribution >= 0.6 is 91.5 Å².